The first-order valence-corrected chi connectivity index (χ1v) is 9.75. The summed E-state index contributed by atoms with van der Waals surface area (Å²) in [6, 6.07) is 12.4. The van der Waals surface area contributed by atoms with Crippen LogP contribution >= 0.6 is 23.6 Å². The number of carbonyl (C=O) groups excluding carboxylic acids is 1. The van der Waals surface area contributed by atoms with E-state index >= 15 is 0 Å². The Hall–Kier alpha value is -1.92. The molecule has 4 nitrogen and oxygen atoms in total. The van der Waals surface area contributed by atoms with E-state index in [0.29, 0.717) is 5.92 Å². The van der Waals surface area contributed by atoms with Crippen LogP contribution in [0, 0.1) is 0 Å². The summed E-state index contributed by atoms with van der Waals surface area (Å²) >= 11 is 7.12. The Morgan fingerprint density at radius 3 is 2.36 bits per heavy atom. The van der Waals surface area contributed by atoms with Crippen LogP contribution in [0.25, 0.3) is 0 Å². The summed E-state index contributed by atoms with van der Waals surface area (Å²) in [5.74, 6) is 0.533. The molecule has 6 heteroatoms. The second-order valence-electron chi connectivity index (χ2n) is 6.47. The van der Waals surface area contributed by atoms with E-state index in [-0.39, 0.29) is 0 Å². The number of hydrogen-bond donors (Lipinski definition) is 1. The van der Waals surface area contributed by atoms with E-state index in [2.05, 4.69) is 53.2 Å². The highest BCUT2D eigenvalue weighted by Gasteiger charge is 2.20. The largest absolute Gasteiger partial charge is 0.360 e. The Labute approximate surface area is 158 Å². The highest BCUT2D eigenvalue weighted by molar-refractivity contribution is 7.80. The predicted octanol–water partition coefficient (Wildman–Crippen LogP) is 4.20. The van der Waals surface area contributed by atoms with Gasteiger partial charge in [0, 0.05) is 31.9 Å². The van der Waals surface area contributed by atoms with E-state index in [1.807, 2.05) is 12.1 Å². The SMILES string of the molecule is CC(C)c1ccc(NC(=S)N2CCN(c3ccc(C=O)s3)CC2)cc1. The number of thiophene rings is 1. The number of carbonyl (C=O) groups is 1. The molecule has 0 radical (unpaired) electrons. The first-order chi connectivity index (χ1) is 12.1. The van der Waals surface area contributed by atoms with Crippen LogP contribution in [0.2, 0.25) is 0 Å². The lowest BCUT2D eigenvalue weighted by Gasteiger charge is -2.36. The molecule has 2 aromatic rings. The number of aldehydes is 1. The molecule has 1 aliphatic heterocycles. The van der Waals surface area contributed by atoms with Crippen molar-refractivity contribution in [1.29, 1.82) is 0 Å². The quantitative estimate of drug-likeness (QED) is 0.642. The minimum absolute atomic E-state index is 0.533. The molecule has 0 unspecified atom stereocenters. The fraction of sp³-hybridized carbons (Fsp3) is 0.368. The zero-order valence-corrected chi connectivity index (χ0v) is 16.2. The van der Waals surface area contributed by atoms with Crippen molar-refractivity contribution in [2.75, 3.05) is 36.4 Å². The van der Waals surface area contributed by atoms with Gasteiger partial charge in [-0.3, -0.25) is 4.79 Å². The normalized spacial score (nSPS) is 14.7. The van der Waals surface area contributed by atoms with Crippen LogP contribution in [0.4, 0.5) is 10.7 Å². The number of nitrogens with one attached hydrogen (secondary N) is 1. The van der Waals surface area contributed by atoms with Gasteiger partial charge in [-0.15, -0.1) is 11.3 Å². The molecule has 1 aromatic carbocycles. The van der Waals surface area contributed by atoms with Gasteiger partial charge in [0.2, 0.25) is 0 Å². The molecule has 1 aliphatic rings. The molecule has 0 aliphatic carbocycles. The molecule has 25 heavy (non-hydrogen) atoms. The van der Waals surface area contributed by atoms with Gasteiger partial charge >= 0.3 is 0 Å². The van der Waals surface area contributed by atoms with Gasteiger partial charge < -0.3 is 15.1 Å². The van der Waals surface area contributed by atoms with Crippen molar-refractivity contribution in [2.24, 2.45) is 0 Å². The Balaban J connectivity index is 1.53. The average Bonchev–Trinajstić information content (AvgIpc) is 3.11. The molecule has 0 spiro atoms. The molecule has 3 rings (SSSR count). The second-order valence-corrected chi connectivity index (χ2v) is 7.96. The summed E-state index contributed by atoms with van der Waals surface area (Å²) in [5.41, 5.74) is 2.36. The smallest absolute Gasteiger partial charge is 0.173 e. The van der Waals surface area contributed by atoms with Crippen molar-refractivity contribution >= 4 is 45.6 Å². The van der Waals surface area contributed by atoms with Crippen LogP contribution in [0.1, 0.15) is 35.0 Å². The van der Waals surface area contributed by atoms with E-state index in [9.17, 15) is 4.79 Å². The topological polar surface area (TPSA) is 35.6 Å². The van der Waals surface area contributed by atoms with Crippen molar-refractivity contribution in [2.45, 2.75) is 19.8 Å². The van der Waals surface area contributed by atoms with Gasteiger partial charge in [0.15, 0.2) is 11.4 Å². The van der Waals surface area contributed by atoms with Gasteiger partial charge in [-0.05, 0) is 48.0 Å². The maximum atomic E-state index is 10.8. The fourth-order valence-corrected chi connectivity index (χ4v) is 4.03. The zero-order valence-electron chi connectivity index (χ0n) is 14.6. The average molecular weight is 374 g/mol. The van der Waals surface area contributed by atoms with Crippen molar-refractivity contribution < 1.29 is 4.79 Å². The third-order valence-electron chi connectivity index (χ3n) is 4.44. The van der Waals surface area contributed by atoms with Crippen molar-refractivity contribution in [3.05, 3.63) is 46.8 Å². The lowest BCUT2D eigenvalue weighted by molar-refractivity contribution is 0.112. The molecular weight excluding hydrogens is 350 g/mol. The number of rotatable bonds is 4. The van der Waals surface area contributed by atoms with E-state index in [1.54, 1.807) is 11.3 Å². The van der Waals surface area contributed by atoms with E-state index in [4.69, 9.17) is 12.2 Å². The highest BCUT2D eigenvalue weighted by atomic mass is 32.1. The van der Waals surface area contributed by atoms with Gasteiger partial charge in [-0.2, -0.15) is 0 Å². The number of anilines is 2. The van der Waals surface area contributed by atoms with Gasteiger partial charge in [-0.25, -0.2) is 0 Å². The molecule has 0 amide bonds. The lowest BCUT2D eigenvalue weighted by atomic mass is 10.0. The molecule has 2 heterocycles. The fourth-order valence-electron chi connectivity index (χ4n) is 2.86. The van der Waals surface area contributed by atoms with Crippen LogP contribution in [0.15, 0.2) is 36.4 Å². The number of thiocarbonyl (C=S) groups is 1. The molecule has 1 saturated heterocycles. The first kappa shape index (κ1) is 17.9. The molecule has 132 valence electrons. The maximum Gasteiger partial charge on any atom is 0.173 e. The standard InChI is InChI=1S/C19H23N3OS2/c1-14(2)15-3-5-16(6-4-15)20-19(24)22-11-9-21(10-12-22)18-8-7-17(13-23)25-18/h3-8,13-14H,9-12H2,1-2H3,(H,20,24). The third-order valence-corrected chi connectivity index (χ3v) is 5.87. The van der Waals surface area contributed by atoms with Gasteiger partial charge in [-0.1, -0.05) is 26.0 Å². The van der Waals surface area contributed by atoms with E-state index < -0.39 is 0 Å². The molecule has 1 N–H and O–H groups in total. The van der Waals surface area contributed by atoms with Crippen LogP contribution < -0.4 is 10.2 Å². The van der Waals surface area contributed by atoms with E-state index in [1.165, 1.54) is 5.56 Å². The molecule has 0 bridgehead atoms. The third kappa shape index (κ3) is 4.38. The Bertz CT molecular complexity index is 731. The monoisotopic (exact) mass is 373 g/mol. The Kier molecular flexibility index (Phi) is 5.71. The lowest BCUT2D eigenvalue weighted by Crippen LogP contribution is -2.49. The minimum Gasteiger partial charge on any atom is -0.360 e. The van der Waals surface area contributed by atoms with Crippen LogP contribution in [-0.2, 0) is 0 Å². The summed E-state index contributed by atoms with van der Waals surface area (Å²) in [4.78, 5) is 16.1. The van der Waals surface area contributed by atoms with Crippen molar-refractivity contribution in [3.8, 4) is 0 Å². The summed E-state index contributed by atoms with van der Waals surface area (Å²) in [5, 5.41) is 5.27. The molecular formula is C19H23N3OS2. The Morgan fingerprint density at radius 1 is 1.12 bits per heavy atom. The summed E-state index contributed by atoms with van der Waals surface area (Å²) in [6.07, 6.45) is 0.911. The van der Waals surface area contributed by atoms with Crippen LogP contribution in [0.3, 0.4) is 0 Å². The summed E-state index contributed by atoms with van der Waals surface area (Å²) in [6.45, 7) is 7.96. The van der Waals surface area contributed by atoms with Gasteiger partial charge in [0.25, 0.3) is 0 Å². The number of piperazine rings is 1. The predicted molar refractivity (Wildman–Crippen MR) is 110 cm³/mol. The number of hydrogen-bond acceptors (Lipinski definition) is 4. The molecule has 0 saturated carbocycles. The van der Waals surface area contributed by atoms with Crippen LogP contribution in [-0.4, -0.2) is 42.5 Å². The van der Waals surface area contributed by atoms with Crippen molar-refractivity contribution in [3.63, 3.8) is 0 Å². The van der Waals surface area contributed by atoms with Gasteiger partial charge in [0.1, 0.15) is 0 Å². The minimum atomic E-state index is 0.533. The molecule has 0 atom stereocenters. The van der Waals surface area contributed by atoms with Crippen molar-refractivity contribution in [1.82, 2.24) is 4.90 Å². The summed E-state index contributed by atoms with van der Waals surface area (Å²) < 4.78 is 0. The molecule has 1 aromatic heterocycles. The Morgan fingerprint density at radius 2 is 1.80 bits per heavy atom. The molecule has 1 fully saturated rings. The highest BCUT2D eigenvalue weighted by Crippen LogP contribution is 2.26. The van der Waals surface area contributed by atoms with Crippen LogP contribution in [0.5, 0.6) is 0 Å². The maximum absolute atomic E-state index is 10.8. The van der Waals surface area contributed by atoms with Gasteiger partial charge in [0.05, 0.1) is 9.88 Å². The second kappa shape index (κ2) is 7.97. The number of nitrogens with zero attached hydrogens (tertiary/aromatic N) is 2. The zero-order chi connectivity index (χ0) is 17.8. The number of benzene rings is 1. The van der Waals surface area contributed by atoms with E-state index in [0.717, 1.165) is 53.1 Å². The summed E-state index contributed by atoms with van der Waals surface area (Å²) in [7, 11) is 0. The first-order valence-electron chi connectivity index (χ1n) is 8.52.